The third-order valence-corrected chi connectivity index (χ3v) is 4.07. The minimum absolute atomic E-state index is 0.338. The molecule has 1 aliphatic rings. The van der Waals surface area contributed by atoms with Crippen LogP contribution >= 0.6 is 7.82 Å². The summed E-state index contributed by atoms with van der Waals surface area (Å²) in [5.41, 5.74) is 0.763. The zero-order valence-corrected chi connectivity index (χ0v) is 13.2. The number of aliphatic hydroxyl groups is 2. The first-order valence-corrected chi connectivity index (χ1v) is 8.31. The van der Waals surface area contributed by atoms with Crippen molar-refractivity contribution >= 4 is 24.8 Å². The van der Waals surface area contributed by atoms with Gasteiger partial charge in [0.15, 0.2) is 17.7 Å². The first-order valence-electron chi connectivity index (χ1n) is 6.85. The number of aromatic nitrogens is 4. The molecule has 3 heterocycles. The van der Waals surface area contributed by atoms with E-state index < -0.39 is 39.0 Å². The number of rotatable bonds is 5. The van der Waals surface area contributed by atoms with Crippen LogP contribution in [-0.4, -0.2) is 61.7 Å². The fourth-order valence-corrected chi connectivity index (χ4v) is 2.81. The van der Waals surface area contributed by atoms with Gasteiger partial charge in [-0.05, 0) is 0 Å². The quantitative estimate of drug-likeness (QED) is 0.474. The van der Waals surface area contributed by atoms with E-state index in [1.54, 1.807) is 7.05 Å². The molecular weight excluding hydrogens is 345 g/mol. The third kappa shape index (κ3) is 3.13. The van der Waals surface area contributed by atoms with E-state index in [1.165, 1.54) is 17.2 Å². The standard InChI is InChI=1S/C11H16N5O7P/c1-12-9-6-10(14-3-13-9)16(4-15-6)11-8(18)7(17)5(23-11)2-22-24(19,20)21/h3-5,7-8,11,17-18H,2H2,1H3,(H,12,13,14)(H2,19,20,21)/p-2. The van der Waals surface area contributed by atoms with Gasteiger partial charge in [-0.3, -0.25) is 4.57 Å². The number of nitrogens with one attached hydrogen (secondary N) is 1. The molecule has 1 saturated heterocycles. The minimum Gasteiger partial charge on any atom is -0.790 e. The lowest BCUT2D eigenvalue weighted by atomic mass is 10.1. The van der Waals surface area contributed by atoms with E-state index in [0.29, 0.717) is 17.0 Å². The minimum atomic E-state index is -5.21. The highest BCUT2D eigenvalue weighted by Crippen LogP contribution is 2.34. The summed E-state index contributed by atoms with van der Waals surface area (Å²) >= 11 is 0. The Labute approximate surface area is 135 Å². The molecule has 2 aromatic rings. The summed E-state index contributed by atoms with van der Waals surface area (Å²) in [4.78, 5) is 33.3. The maximum Gasteiger partial charge on any atom is 0.167 e. The number of anilines is 1. The van der Waals surface area contributed by atoms with E-state index in [-0.39, 0.29) is 0 Å². The molecule has 0 saturated carbocycles. The molecule has 4 atom stereocenters. The molecule has 12 nitrogen and oxygen atoms in total. The number of fused-ring (bicyclic) bond motifs is 1. The Morgan fingerprint density at radius 3 is 2.79 bits per heavy atom. The van der Waals surface area contributed by atoms with E-state index in [9.17, 15) is 24.6 Å². The van der Waals surface area contributed by atoms with Crippen LogP contribution in [0.5, 0.6) is 0 Å². The highest BCUT2D eigenvalue weighted by Gasteiger charge is 2.44. The molecule has 1 fully saturated rings. The van der Waals surface area contributed by atoms with Gasteiger partial charge in [0, 0.05) is 7.05 Å². The molecule has 0 aliphatic carbocycles. The summed E-state index contributed by atoms with van der Waals surface area (Å²) in [5.74, 6) is 0.463. The van der Waals surface area contributed by atoms with Gasteiger partial charge in [-0.25, -0.2) is 15.0 Å². The van der Waals surface area contributed by atoms with Crippen LogP contribution in [0.25, 0.3) is 11.2 Å². The molecule has 3 N–H and O–H groups in total. The fraction of sp³-hybridized carbons (Fsp3) is 0.545. The van der Waals surface area contributed by atoms with Crippen molar-refractivity contribution in [2.45, 2.75) is 24.5 Å². The van der Waals surface area contributed by atoms with Crippen molar-refractivity contribution in [2.75, 3.05) is 19.0 Å². The van der Waals surface area contributed by atoms with E-state index in [0.717, 1.165) is 0 Å². The Morgan fingerprint density at radius 1 is 1.38 bits per heavy atom. The Bertz CT molecular complexity index is 779. The molecule has 3 rings (SSSR count). The number of nitrogens with zero attached hydrogens (tertiary/aromatic N) is 4. The van der Waals surface area contributed by atoms with E-state index >= 15 is 0 Å². The second-order valence-electron chi connectivity index (χ2n) is 5.09. The topological polar surface area (TPSA) is 178 Å². The van der Waals surface area contributed by atoms with Crippen molar-refractivity contribution in [1.29, 1.82) is 0 Å². The maximum absolute atomic E-state index is 10.5. The number of phosphoric acid groups is 1. The molecular formula is C11H14N5O7P-2. The van der Waals surface area contributed by atoms with Crippen molar-refractivity contribution in [1.82, 2.24) is 19.5 Å². The van der Waals surface area contributed by atoms with Gasteiger partial charge in [-0.15, -0.1) is 0 Å². The van der Waals surface area contributed by atoms with Crippen molar-refractivity contribution < 1.29 is 33.8 Å². The van der Waals surface area contributed by atoms with Gasteiger partial charge >= 0.3 is 0 Å². The average molecular weight is 359 g/mol. The fourth-order valence-electron chi connectivity index (χ4n) is 2.48. The summed E-state index contributed by atoms with van der Waals surface area (Å²) in [7, 11) is -3.56. The van der Waals surface area contributed by atoms with Gasteiger partial charge < -0.3 is 39.1 Å². The van der Waals surface area contributed by atoms with Gasteiger partial charge in [0.2, 0.25) is 0 Å². The summed E-state index contributed by atoms with van der Waals surface area (Å²) in [5, 5.41) is 23.0. The molecule has 24 heavy (non-hydrogen) atoms. The highest BCUT2D eigenvalue weighted by molar-refractivity contribution is 7.43. The lowest BCUT2D eigenvalue weighted by molar-refractivity contribution is -0.343. The molecule has 4 unspecified atom stereocenters. The summed E-state index contributed by atoms with van der Waals surface area (Å²) in [6, 6.07) is 0. The largest absolute Gasteiger partial charge is 0.790 e. The average Bonchev–Trinajstić information content (AvgIpc) is 3.07. The molecule has 132 valence electrons. The zero-order valence-electron chi connectivity index (χ0n) is 12.3. The molecule has 0 aromatic carbocycles. The van der Waals surface area contributed by atoms with Crippen LogP contribution in [0, 0.1) is 0 Å². The molecule has 1 aliphatic heterocycles. The normalized spacial score (nSPS) is 27.7. The molecule has 2 aromatic heterocycles. The van der Waals surface area contributed by atoms with Crippen molar-refractivity contribution in [3.63, 3.8) is 0 Å². The van der Waals surface area contributed by atoms with E-state index in [1.807, 2.05) is 0 Å². The number of hydrogen-bond donors (Lipinski definition) is 3. The van der Waals surface area contributed by atoms with Crippen LogP contribution in [0.4, 0.5) is 5.82 Å². The van der Waals surface area contributed by atoms with E-state index in [4.69, 9.17) is 4.74 Å². The van der Waals surface area contributed by atoms with Crippen molar-refractivity contribution in [3.8, 4) is 0 Å². The lowest BCUT2D eigenvalue weighted by Crippen LogP contribution is -2.34. The predicted octanol–water partition coefficient (Wildman–Crippen LogP) is -2.67. The highest BCUT2D eigenvalue weighted by atomic mass is 31.2. The number of hydrogen-bond acceptors (Lipinski definition) is 11. The molecule has 0 spiro atoms. The Hall–Kier alpha value is -1.66. The maximum atomic E-state index is 10.5. The van der Waals surface area contributed by atoms with Crippen LogP contribution in [0.3, 0.4) is 0 Å². The van der Waals surface area contributed by atoms with Crippen LogP contribution in [0.1, 0.15) is 6.23 Å². The van der Waals surface area contributed by atoms with Crippen LogP contribution < -0.4 is 15.1 Å². The number of ether oxygens (including phenoxy) is 1. The van der Waals surface area contributed by atoms with Gasteiger partial charge in [-0.1, -0.05) is 0 Å². The monoisotopic (exact) mass is 359 g/mol. The van der Waals surface area contributed by atoms with Crippen LogP contribution in [0.2, 0.25) is 0 Å². The first-order chi connectivity index (χ1) is 11.3. The van der Waals surface area contributed by atoms with Crippen molar-refractivity contribution in [3.05, 3.63) is 12.7 Å². The molecule has 0 amide bonds. The summed E-state index contributed by atoms with van der Waals surface area (Å²) < 4.78 is 21.5. The second kappa shape index (κ2) is 6.33. The summed E-state index contributed by atoms with van der Waals surface area (Å²) in [6.45, 7) is -0.706. The predicted molar refractivity (Wildman–Crippen MR) is 74.4 cm³/mol. The Morgan fingerprint density at radius 2 is 2.12 bits per heavy atom. The molecule has 0 bridgehead atoms. The summed E-state index contributed by atoms with van der Waals surface area (Å²) in [6.07, 6.45) is -2.52. The smallest absolute Gasteiger partial charge is 0.167 e. The molecule has 0 radical (unpaired) electrons. The first kappa shape index (κ1) is 17.2. The second-order valence-corrected chi connectivity index (χ2v) is 6.24. The number of aliphatic hydroxyl groups excluding tert-OH is 2. The molecule has 13 heteroatoms. The van der Waals surface area contributed by atoms with Crippen LogP contribution in [-0.2, 0) is 13.8 Å². The lowest BCUT2D eigenvalue weighted by Gasteiger charge is -2.30. The van der Waals surface area contributed by atoms with Gasteiger partial charge in [0.1, 0.15) is 30.2 Å². The SMILES string of the molecule is CNc1ncnc2c1ncn2C1OC(COP(=O)([O-])[O-])C(O)C1O. The number of imidazole rings is 1. The Kier molecular flexibility index (Phi) is 4.53. The Balaban J connectivity index is 1.86. The van der Waals surface area contributed by atoms with E-state index in [2.05, 4.69) is 24.8 Å². The zero-order chi connectivity index (χ0) is 17.5. The van der Waals surface area contributed by atoms with Gasteiger partial charge in [-0.2, -0.15) is 0 Å². The van der Waals surface area contributed by atoms with Gasteiger partial charge in [0.25, 0.3) is 0 Å². The van der Waals surface area contributed by atoms with Crippen molar-refractivity contribution in [2.24, 2.45) is 0 Å². The number of phosphoric ester groups is 1. The van der Waals surface area contributed by atoms with Crippen LogP contribution in [0.15, 0.2) is 12.7 Å². The third-order valence-electron chi connectivity index (χ3n) is 3.60. The van der Waals surface area contributed by atoms with Gasteiger partial charge in [0.05, 0.1) is 20.8 Å².